The van der Waals surface area contributed by atoms with Gasteiger partial charge in [0.2, 0.25) is 0 Å². The van der Waals surface area contributed by atoms with Crippen molar-refractivity contribution in [3.05, 3.63) is 24.3 Å². The van der Waals surface area contributed by atoms with E-state index in [1.165, 1.54) is 0 Å². The van der Waals surface area contributed by atoms with Crippen LogP contribution in [0, 0.1) is 0 Å². The van der Waals surface area contributed by atoms with E-state index < -0.39 is 6.10 Å². The minimum Gasteiger partial charge on any atom is -0.495 e. The van der Waals surface area contributed by atoms with E-state index in [1.54, 1.807) is 24.1 Å². The van der Waals surface area contributed by atoms with Crippen molar-refractivity contribution in [2.75, 3.05) is 25.5 Å². The molecule has 2 N–H and O–H groups in total. The number of para-hydroxylation sites is 2. The lowest BCUT2D eigenvalue weighted by atomic mass is 10.3. The second kappa shape index (κ2) is 5.05. The number of nitrogens with zero attached hydrogens (tertiary/aromatic N) is 1. The number of likely N-dealkylation sites (tertiary alicyclic amines) is 1. The molecule has 0 aromatic heterocycles. The zero-order valence-electron chi connectivity index (χ0n) is 9.72. The highest BCUT2D eigenvalue weighted by Crippen LogP contribution is 2.23. The molecule has 1 aromatic carbocycles. The van der Waals surface area contributed by atoms with Crippen molar-refractivity contribution in [2.45, 2.75) is 12.5 Å². The molecule has 0 radical (unpaired) electrons. The number of carbonyl (C=O) groups is 1. The van der Waals surface area contributed by atoms with Crippen LogP contribution in [0.3, 0.4) is 0 Å². The average molecular weight is 236 g/mol. The number of hydrogen-bond donors (Lipinski definition) is 2. The maximum Gasteiger partial charge on any atom is 0.322 e. The molecule has 0 saturated carbocycles. The van der Waals surface area contributed by atoms with E-state index >= 15 is 0 Å². The minimum absolute atomic E-state index is 0.203. The van der Waals surface area contributed by atoms with E-state index in [-0.39, 0.29) is 6.03 Å². The summed E-state index contributed by atoms with van der Waals surface area (Å²) < 4.78 is 5.15. The van der Waals surface area contributed by atoms with Crippen LogP contribution in [0.5, 0.6) is 5.75 Å². The number of nitrogens with one attached hydrogen (secondary N) is 1. The van der Waals surface area contributed by atoms with Crippen LogP contribution < -0.4 is 10.1 Å². The number of benzene rings is 1. The summed E-state index contributed by atoms with van der Waals surface area (Å²) in [6.07, 6.45) is 0.234. The van der Waals surface area contributed by atoms with Crippen molar-refractivity contribution in [1.29, 1.82) is 0 Å². The molecule has 0 bridgehead atoms. The summed E-state index contributed by atoms with van der Waals surface area (Å²) in [4.78, 5) is 13.5. The Hall–Kier alpha value is -1.75. The number of aliphatic hydroxyl groups excluding tert-OH is 1. The number of anilines is 1. The second-order valence-electron chi connectivity index (χ2n) is 4.02. The molecule has 5 heteroatoms. The topological polar surface area (TPSA) is 61.8 Å². The molecule has 0 spiro atoms. The summed E-state index contributed by atoms with van der Waals surface area (Å²) in [7, 11) is 1.56. The van der Waals surface area contributed by atoms with Crippen molar-refractivity contribution in [1.82, 2.24) is 4.90 Å². The summed E-state index contributed by atoms with van der Waals surface area (Å²) in [5.74, 6) is 0.626. The Bertz CT molecular complexity index is 408. The Kier molecular flexibility index (Phi) is 3.49. The van der Waals surface area contributed by atoms with E-state index in [2.05, 4.69) is 5.32 Å². The molecule has 1 aromatic rings. The van der Waals surface area contributed by atoms with Crippen LogP contribution in [0.2, 0.25) is 0 Å². The van der Waals surface area contributed by atoms with Crippen LogP contribution in [0.4, 0.5) is 10.5 Å². The first-order chi connectivity index (χ1) is 8.20. The Balaban J connectivity index is 2.03. The molecule has 92 valence electrons. The van der Waals surface area contributed by atoms with Gasteiger partial charge in [0, 0.05) is 13.1 Å². The molecular formula is C12H16N2O3. The van der Waals surface area contributed by atoms with Crippen LogP contribution in [0.25, 0.3) is 0 Å². The highest BCUT2D eigenvalue weighted by molar-refractivity contribution is 5.91. The standard InChI is InChI=1S/C12H16N2O3/c1-17-11-5-3-2-4-10(11)13-12(16)14-7-6-9(15)8-14/h2-5,9,15H,6-8H2,1H3,(H,13,16)/t9-/m0/s1. The molecule has 5 nitrogen and oxygen atoms in total. The van der Waals surface area contributed by atoms with E-state index in [1.807, 2.05) is 12.1 Å². The van der Waals surface area contributed by atoms with Gasteiger partial charge in [0.25, 0.3) is 0 Å². The smallest absolute Gasteiger partial charge is 0.322 e. The van der Waals surface area contributed by atoms with Crippen LogP contribution in [-0.4, -0.2) is 42.3 Å². The molecule has 1 aliphatic heterocycles. The zero-order chi connectivity index (χ0) is 12.3. The van der Waals surface area contributed by atoms with Gasteiger partial charge in [0.1, 0.15) is 5.75 Å². The van der Waals surface area contributed by atoms with Crippen LogP contribution in [0.15, 0.2) is 24.3 Å². The van der Waals surface area contributed by atoms with Gasteiger partial charge in [-0.05, 0) is 18.6 Å². The summed E-state index contributed by atoms with van der Waals surface area (Å²) in [5, 5.41) is 12.1. The summed E-state index contributed by atoms with van der Waals surface area (Å²) in [6.45, 7) is 0.975. The van der Waals surface area contributed by atoms with E-state index in [4.69, 9.17) is 4.74 Å². The normalized spacial score (nSPS) is 19.2. The van der Waals surface area contributed by atoms with Crippen molar-refractivity contribution in [3.63, 3.8) is 0 Å². The number of ether oxygens (including phenoxy) is 1. The first kappa shape index (κ1) is 11.7. The number of methoxy groups -OCH3 is 1. The van der Waals surface area contributed by atoms with E-state index in [9.17, 15) is 9.90 Å². The van der Waals surface area contributed by atoms with Crippen molar-refractivity contribution >= 4 is 11.7 Å². The first-order valence-electron chi connectivity index (χ1n) is 5.57. The number of β-amino-alcohol motifs (C(OH)–C–C–N with tert-alkyl or cyclic N) is 1. The quantitative estimate of drug-likeness (QED) is 0.813. The van der Waals surface area contributed by atoms with Crippen molar-refractivity contribution in [3.8, 4) is 5.75 Å². The molecule has 1 fully saturated rings. The minimum atomic E-state index is -0.404. The number of rotatable bonds is 2. The average Bonchev–Trinajstić information content (AvgIpc) is 2.77. The predicted octanol–water partition coefficient (Wildman–Crippen LogP) is 1.29. The monoisotopic (exact) mass is 236 g/mol. The number of aliphatic hydroxyl groups is 1. The second-order valence-corrected chi connectivity index (χ2v) is 4.02. The third-order valence-corrected chi connectivity index (χ3v) is 2.80. The molecule has 0 aliphatic carbocycles. The third-order valence-electron chi connectivity index (χ3n) is 2.80. The fourth-order valence-electron chi connectivity index (χ4n) is 1.87. The van der Waals surface area contributed by atoms with E-state index in [0.29, 0.717) is 30.9 Å². The largest absolute Gasteiger partial charge is 0.495 e. The van der Waals surface area contributed by atoms with Gasteiger partial charge in [-0.15, -0.1) is 0 Å². The van der Waals surface area contributed by atoms with Gasteiger partial charge in [-0.1, -0.05) is 12.1 Å². The van der Waals surface area contributed by atoms with Crippen molar-refractivity contribution < 1.29 is 14.6 Å². The maximum absolute atomic E-state index is 11.9. The number of amides is 2. The number of hydrogen-bond acceptors (Lipinski definition) is 3. The molecule has 1 heterocycles. The van der Waals surface area contributed by atoms with E-state index in [0.717, 1.165) is 0 Å². The fraction of sp³-hybridized carbons (Fsp3) is 0.417. The van der Waals surface area contributed by atoms with Gasteiger partial charge in [0.05, 0.1) is 18.9 Å². The zero-order valence-corrected chi connectivity index (χ0v) is 9.72. The molecule has 1 saturated heterocycles. The SMILES string of the molecule is COc1ccccc1NC(=O)N1CC[C@H](O)C1. The first-order valence-corrected chi connectivity index (χ1v) is 5.57. The van der Waals surface area contributed by atoms with Gasteiger partial charge in [-0.2, -0.15) is 0 Å². The molecule has 0 unspecified atom stereocenters. The molecular weight excluding hydrogens is 220 g/mol. The number of urea groups is 1. The van der Waals surface area contributed by atoms with Gasteiger partial charge < -0.3 is 20.1 Å². The lowest BCUT2D eigenvalue weighted by Gasteiger charge is -2.17. The van der Waals surface area contributed by atoms with Gasteiger partial charge in [-0.25, -0.2) is 4.79 Å². The van der Waals surface area contributed by atoms with Gasteiger partial charge in [0.15, 0.2) is 0 Å². The Morgan fingerprint density at radius 3 is 2.94 bits per heavy atom. The van der Waals surface area contributed by atoms with Crippen molar-refractivity contribution in [2.24, 2.45) is 0 Å². The summed E-state index contributed by atoms with van der Waals surface area (Å²) in [6, 6.07) is 7.04. The molecule has 2 amide bonds. The lowest BCUT2D eigenvalue weighted by Crippen LogP contribution is -2.33. The lowest BCUT2D eigenvalue weighted by molar-refractivity contribution is 0.176. The number of carbonyl (C=O) groups excluding carboxylic acids is 1. The molecule has 2 rings (SSSR count). The fourth-order valence-corrected chi connectivity index (χ4v) is 1.87. The maximum atomic E-state index is 11.9. The van der Waals surface area contributed by atoms with Crippen LogP contribution in [0.1, 0.15) is 6.42 Å². The third kappa shape index (κ3) is 2.68. The van der Waals surface area contributed by atoms with Gasteiger partial charge >= 0.3 is 6.03 Å². The summed E-state index contributed by atoms with van der Waals surface area (Å²) >= 11 is 0. The predicted molar refractivity (Wildman–Crippen MR) is 64.2 cm³/mol. The van der Waals surface area contributed by atoms with Crippen LogP contribution in [-0.2, 0) is 0 Å². The molecule has 1 aliphatic rings. The van der Waals surface area contributed by atoms with Crippen LogP contribution >= 0.6 is 0 Å². The summed E-state index contributed by atoms with van der Waals surface area (Å²) in [5.41, 5.74) is 0.640. The Morgan fingerprint density at radius 2 is 2.29 bits per heavy atom. The Morgan fingerprint density at radius 1 is 1.53 bits per heavy atom. The van der Waals surface area contributed by atoms with Gasteiger partial charge in [-0.3, -0.25) is 0 Å². The molecule has 17 heavy (non-hydrogen) atoms. The Labute approximate surface area is 100.0 Å². The molecule has 1 atom stereocenters. The highest BCUT2D eigenvalue weighted by atomic mass is 16.5. The highest BCUT2D eigenvalue weighted by Gasteiger charge is 2.24.